The first-order valence-corrected chi connectivity index (χ1v) is 10.2. The lowest BCUT2D eigenvalue weighted by atomic mass is 10.1. The first-order valence-electron chi connectivity index (χ1n) is 10.2. The van der Waals surface area contributed by atoms with Crippen LogP contribution in [0.3, 0.4) is 0 Å². The molecule has 3 rings (SSSR count). The Morgan fingerprint density at radius 1 is 1.24 bits per heavy atom. The zero-order chi connectivity index (χ0) is 24.1. The quantitative estimate of drug-likeness (QED) is 0.546. The van der Waals surface area contributed by atoms with Gasteiger partial charge in [-0.05, 0) is 24.6 Å². The molecule has 3 aromatic rings. The van der Waals surface area contributed by atoms with E-state index in [2.05, 4.69) is 15.5 Å². The normalized spacial score (nSPS) is 10.6. The fraction of sp³-hybridized carbons (Fsp3) is 0.318. The van der Waals surface area contributed by atoms with E-state index in [1.807, 2.05) is 6.07 Å². The third-order valence-electron chi connectivity index (χ3n) is 4.76. The molecule has 0 unspecified atom stereocenters. The van der Waals surface area contributed by atoms with E-state index in [0.29, 0.717) is 17.8 Å². The molecule has 0 radical (unpaired) electrons. The number of ether oxygens (including phenoxy) is 1. The van der Waals surface area contributed by atoms with E-state index >= 15 is 0 Å². The van der Waals surface area contributed by atoms with E-state index < -0.39 is 11.5 Å². The highest BCUT2D eigenvalue weighted by Gasteiger charge is 2.24. The van der Waals surface area contributed by atoms with Gasteiger partial charge < -0.3 is 24.4 Å². The van der Waals surface area contributed by atoms with E-state index in [-0.39, 0.29) is 29.9 Å². The van der Waals surface area contributed by atoms with Gasteiger partial charge in [0.15, 0.2) is 5.69 Å². The first kappa shape index (κ1) is 23.5. The van der Waals surface area contributed by atoms with Gasteiger partial charge >= 0.3 is 0 Å². The standard InChI is InChI=1S/C22H26N6O5/c1-6-32-18-17(19(29)24-16-11-23-33-13-16)25-22(28(5)21(18)31)27(4)12-14-8-7-9-15(10-14)20(30)26(2)3/h7-11,13H,6,12H2,1-5H3,(H,24,29). The number of nitrogens with zero attached hydrogens (tertiary/aromatic N) is 5. The van der Waals surface area contributed by atoms with Gasteiger partial charge in [-0.15, -0.1) is 0 Å². The van der Waals surface area contributed by atoms with Crippen molar-refractivity contribution in [2.24, 2.45) is 7.05 Å². The second-order valence-corrected chi connectivity index (χ2v) is 7.51. The zero-order valence-electron chi connectivity index (χ0n) is 19.2. The van der Waals surface area contributed by atoms with Gasteiger partial charge in [0.05, 0.1) is 12.8 Å². The number of anilines is 2. The van der Waals surface area contributed by atoms with Crippen LogP contribution in [0.15, 0.2) is 46.0 Å². The molecule has 0 fully saturated rings. The molecule has 1 aromatic carbocycles. The summed E-state index contributed by atoms with van der Waals surface area (Å²) in [5.41, 5.74) is 1.06. The van der Waals surface area contributed by atoms with Gasteiger partial charge in [-0.3, -0.25) is 19.0 Å². The molecule has 2 amide bonds. The number of aromatic nitrogens is 3. The molecule has 0 aliphatic heterocycles. The smallest absolute Gasteiger partial charge is 0.297 e. The van der Waals surface area contributed by atoms with E-state index in [0.717, 1.165) is 5.56 Å². The monoisotopic (exact) mass is 454 g/mol. The van der Waals surface area contributed by atoms with Gasteiger partial charge in [0, 0.05) is 40.3 Å². The minimum atomic E-state index is -0.632. The number of nitrogens with one attached hydrogen (secondary N) is 1. The van der Waals surface area contributed by atoms with Gasteiger partial charge in [-0.25, -0.2) is 4.98 Å². The highest BCUT2D eigenvalue weighted by Crippen LogP contribution is 2.20. The van der Waals surface area contributed by atoms with Crippen molar-refractivity contribution in [3.63, 3.8) is 0 Å². The van der Waals surface area contributed by atoms with Crippen molar-refractivity contribution in [3.05, 3.63) is 63.9 Å². The number of rotatable bonds is 8. The summed E-state index contributed by atoms with van der Waals surface area (Å²) in [6.07, 6.45) is 2.59. The maximum absolute atomic E-state index is 13.0. The molecular weight excluding hydrogens is 428 g/mol. The van der Waals surface area contributed by atoms with Crippen LogP contribution in [0.25, 0.3) is 0 Å². The average molecular weight is 454 g/mol. The first-order chi connectivity index (χ1) is 15.7. The molecule has 0 atom stereocenters. The Morgan fingerprint density at radius 2 is 2.00 bits per heavy atom. The summed E-state index contributed by atoms with van der Waals surface area (Å²) in [5.74, 6) is -0.640. The highest BCUT2D eigenvalue weighted by atomic mass is 16.5. The van der Waals surface area contributed by atoms with Crippen LogP contribution in [0, 0.1) is 0 Å². The van der Waals surface area contributed by atoms with E-state index in [9.17, 15) is 14.4 Å². The Labute approximate surface area is 190 Å². The summed E-state index contributed by atoms with van der Waals surface area (Å²) in [4.78, 5) is 45.8. The summed E-state index contributed by atoms with van der Waals surface area (Å²) in [6.45, 7) is 2.24. The minimum Gasteiger partial charge on any atom is -0.486 e. The maximum atomic E-state index is 13.0. The van der Waals surface area contributed by atoms with Crippen LogP contribution in [0.4, 0.5) is 11.6 Å². The number of hydrogen-bond acceptors (Lipinski definition) is 8. The van der Waals surface area contributed by atoms with Crippen molar-refractivity contribution in [2.75, 3.05) is 38.0 Å². The summed E-state index contributed by atoms with van der Waals surface area (Å²) >= 11 is 0. The van der Waals surface area contributed by atoms with Gasteiger partial charge in [0.25, 0.3) is 17.4 Å². The van der Waals surface area contributed by atoms with Crippen LogP contribution in [-0.4, -0.2) is 59.2 Å². The average Bonchev–Trinajstić information content (AvgIpc) is 3.29. The Bertz CT molecular complexity index is 1200. The molecule has 0 bridgehead atoms. The topological polar surface area (TPSA) is 123 Å². The number of benzene rings is 1. The minimum absolute atomic E-state index is 0.112. The maximum Gasteiger partial charge on any atom is 0.297 e. The van der Waals surface area contributed by atoms with Gasteiger partial charge in [0.1, 0.15) is 12.0 Å². The second kappa shape index (κ2) is 9.98. The molecule has 0 saturated carbocycles. The van der Waals surface area contributed by atoms with E-state index in [1.54, 1.807) is 58.2 Å². The van der Waals surface area contributed by atoms with Gasteiger partial charge in [0.2, 0.25) is 11.7 Å². The Morgan fingerprint density at radius 3 is 2.64 bits per heavy atom. The largest absolute Gasteiger partial charge is 0.486 e. The summed E-state index contributed by atoms with van der Waals surface area (Å²) in [5, 5.41) is 6.12. The zero-order valence-corrected chi connectivity index (χ0v) is 19.2. The van der Waals surface area contributed by atoms with E-state index in [4.69, 9.17) is 9.26 Å². The molecule has 0 aliphatic rings. The fourth-order valence-corrected chi connectivity index (χ4v) is 3.20. The predicted molar refractivity (Wildman–Crippen MR) is 122 cm³/mol. The van der Waals surface area contributed by atoms with Crippen molar-refractivity contribution in [2.45, 2.75) is 13.5 Å². The second-order valence-electron chi connectivity index (χ2n) is 7.51. The van der Waals surface area contributed by atoms with Crippen molar-refractivity contribution in [3.8, 4) is 5.75 Å². The third-order valence-corrected chi connectivity index (χ3v) is 4.76. The molecule has 33 heavy (non-hydrogen) atoms. The number of hydrogen-bond donors (Lipinski definition) is 1. The van der Waals surface area contributed by atoms with Crippen molar-refractivity contribution in [1.29, 1.82) is 0 Å². The summed E-state index contributed by atoms with van der Waals surface area (Å²) in [7, 11) is 6.67. The third kappa shape index (κ3) is 5.20. The molecular formula is C22H26N6O5. The molecule has 2 heterocycles. The number of carbonyl (C=O) groups is 2. The predicted octanol–water partition coefficient (Wildman–Crippen LogP) is 1.76. The van der Waals surface area contributed by atoms with Crippen LogP contribution in [0.5, 0.6) is 5.75 Å². The van der Waals surface area contributed by atoms with Gasteiger partial charge in [-0.1, -0.05) is 17.3 Å². The lowest BCUT2D eigenvalue weighted by molar-refractivity contribution is 0.0827. The lowest BCUT2D eigenvalue weighted by Gasteiger charge is -2.22. The summed E-state index contributed by atoms with van der Waals surface area (Å²) in [6, 6.07) is 7.19. The Balaban J connectivity index is 1.96. The molecule has 1 N–H and O–H groups in total. The fourth-order valence-electron chi connectivity index (χ4n) is 3.20. The lowest BCUT2D eigenvalue weighted by Crippen LogP contribution is -2.32. The van der Waals surface area contributed by atoms with Gasteiger partial charge in [-0.2, -0.15) is 0 Å². The van der Waals surface area contributed by atoms with Crippen molar-refractivity contribution < 1.29 is 18.8 Å². The molecule has 0 aliphatic carbocycles. The molecule has 0 saturated heterocycles. The van der Waals surface area contributed by atoms with E-state index in [1.165, 1.54) is 21.9 Å². The Kier molecular flexibility index (Phi) is 7.11. The molecule has 11 nitrogen and oxygen atoms in total. The molecule has 2 aromatic heterocycles. The highest BCUT2D eigenvalue weighted by molar-refractivity contribution is 6.04. The number of carbonyl (C=O) groups excluding carboxylic acids is 2. The molecule has 174 valence electrons. The van der Waals surface area contributed by atoms with Crippen LogP contribution in [0.1, 0.15) is 33.3 Å². The van der Waals surface area contributed by atoms with Crippen LogP contribution < -0.4 is 20.5 Å². The van der Waals surface area contributed by atoms with Crippen molar-refractivity contribution >= 4 is 23.5 Å². The van der Waals surface area contributed by atoms with Crippen LogP contribution >= 0.6 is 0 Å². The van der Waals surface area contributed by atoms with Crippen LogP contribution in [0.2, 0.25) is 0 Å². The number of amides is 2. The van der Waals surface area contributed by atoms with Crippen molar-refractivity contribution in [1.82, 2.24) is 19.6 Å². The Hall–Kier alpha value is -4.15. The summed E-state index contributed by atoms with van der Waals surface area (Å²) < 4.78 is 11.5. The SMILES string of the molecule is CCOc1c(C(=O)Nc2cnoc2)nc(N(C)Cc2cccc(C(=O)N(C)C)c2)n(C)c1=O. The molecule has 0 spiro atoms. The van der Waals surface area contributed by atoms with Crippen LogP contribution in [-0.2, 0) is 13.6 Å². The molecule has 11 heteroatoms.